The maximum atomic E-state index is 11.8. The van der Waals surface area contributed by atoms with E-state index in [9.17, 15) is 28.9 Å². The largest absolute Gasteiger partial charge is 0.480 e. The fourth-order valence-electron chi connectivity index (χ4n) is 2.65. The smallest absolute Gasteiger partial charge is 0.472 e. The molecule has 0 aliphatic carbocycles. The molecule has 0 saturated heterocycles. The average Bonchev–Trinajstić information content (AvgIpc) is 2.81. The second-order valence-corrected chi connectivity index (χ2v) is 9.33. The third-order valence-corrected chi connectivity index (χ3v) is 5.43. The number of unbranched alkanes of at least 4 members (excludes halogenated alkanes) is 3. The van der Waals surface area contributed by atoms with Gasteiger partial charge in [-0.15, -0.1) is 0 Å². The zero-order chi connectivity index (χ0) is 27.2. The van der Waals surface area contributed by atoms with Crippen molar-refractivity contribution in [2.24, 2.45) is 0 Å². The summed E-state index contributed by atoms with van der Waals surface area (Å²) in [6.45, 7) is 1.24. The highest BCUT2D eigenvalue weighted by atomic mass is 31.2. The number of ether oxygens (including phenoxy) is 1. The fraction of sp³-hybridized carbons (Fsp3) is 0.625. The lowest BCUT2D eigenvalue weighted by atomic mass is 10.1. The molecule has 0 aliphatic rings. The standard InChI is InChI=1S/C24H40NO10P/c1-3-4-5-6-7-8-9-10-11-12-13-14-15-16-23(28)33-17-21(27)18-34-36(31,32)35-19-22(24(29)30)25-20(2)26/h4-5,7-8,10-11,21-22,27H,3,6,9,12-19H2,1-2H3,(H,25,26)(H,29,30)(H,31,32)/b5-4-,8-7-,11-10-. The van der Waals surface area contributed by atoms with Crippen LogP contribution >= 0.6 is 7.82 Å². The summed E-state index contributed by atoms with van der Waals surface area (Å²) in [7, 11) is -4.70. The molecule has 0 spiro atoms. The van der Waals surface area contributed by atoms with Gasteiger partial charge in [0.2, 0.25) is 5.91 Å². The van der Waals surface area contributed by atoms with Crippen LogP contribution in [0.25, 0.3) is 0 Å². The highest BCUT2D eigenvalue weighted by molar-refractivity contribution is 7.47. The van der Waals surface area contributed by atoms with Gasteiger partial charge in [0.15, 0.2) is 6.04 Å². The number of hydrogen-bond acceptors (Lipinski definition) is 8. The summed E-state index contributed by atoms with van der Waals surface area (Å²) in [5.41, 5.74) is 0. The van der Waals surface area contributed by atoms with Crippen molar-refractivity contribution in [2.45, 2.75) is 77.4 Å². The molecule has 0 radical (unpaired) electrons. The highest BCUT2D eigenvalue weighted by Gasteiger charge is 2.28. The minimum absolute atomic E-state index is 0.187. The van der Waals surface area contributed by atoms with Gasteiger partial charge in [0.05, 0.1) is 13.2 Å². The van der Waals surface area contributed by atoms with Crippen molar-refractivity contribution in [2.75, 3.05) is 19.8 Å². The predicted octanol–water partition coefficient (Wildman–Crippen LogP) is 3.42. The van der Waals surface area contributed by atoms with Gasteiger partial charge < -0.3 is 25.2 Å². The summed E-state index contributed by atoms with van der Waals surface area (Å²) in [5.74, 6) is -2.63. The van der Waals surface area contributed by atoms with Crippen molar-refractivity contribution >= 4 is 25.7 Å². The Hall–Kier alpha value is -2.30. The fourth-order valence-corrected chi connectivity index (χ4v) is 3.42. The molecule has 0 aromatic rings. The molecule has 3 atom stereocenters. The predicted molar refractivity (Wildman–Crippen MR) is 134 cm³/mol. The first-order valence-corrected chi connectivity index (χ1v) is 13.5. The third kappa shape index (κ3) is 21.0. The summed E-state index contributed by atoms with van der Waals surface area (Å²) in [4.78, 5) is 43.2. The molecule has 0 aliphatic heterocycles. The van der Waals surface area contributed by atoms with E-state index in [1.807, 2.05) is 5.32 Å². The van der Waals surface area contributed by atoms with Crippen LogP contribution in [0, 0.1) is 0 Å². The molecule has 3 unspecified atom stereocenters. The molecule has 36 heavy (non-hydrogen) atoms. The number of allylic oxidation sites excluding steroid dienone is 6. The maximum Gasteiger partial charge on any atom is 0.472 e. The lowest BCUT2D eigenvalue weighted by Gasteiger charge is -2.18. The van der Waals surface area contributed by atoms with Gasteiger partial charge >= 0.3 is 19.8 Å². The molecular formula is C24H40NO10P. The highest BCUT2D eigenvalue weighted by Crippen LogP contribution is 2.43. The SMILES string of the molecule is CC/C=C\C/C=C\C/C=C\CCCCCC(=O)OCC(O)COP(=O)(O)OCC(NC(C)=O)C(=O)O. The number of aliphatic hydroxyl groups is 1. The van der Waals surface area contributed by atoms with E-state index in [0.29, 0.717) is 6.42 Å². The van der Waals surface area contributed by atoms with Gasteiger partial charge in [-0.3, -0.25) is 18.6 Å². The number of phosphoric acid groups is 1. The Labute approximate surface area is 212 Å². The molecule has 206 valence electrons. The van der Waals surface area contributed by atoms with Gasteiger partial charge in [0.1, 0.15) is 12.7 Å². The molecule has 0 saturated carbocycles. The second kappa shape index (κ2) is 20.8. The number of carbonyl (C=O) groups excluding carboxylic acids is 2. The summed E-state index contributed by atoms with van der Waals surface area (Å²) in [6.07, 6.45) is 17.8. The number of amides is 1. The van der Waals surface area contributed by atoms with Crippen LogP contribution in [0.15, 0.2) is 36.5 Å². The minimum Gasteiger partial charge on any atom is -0.480 e. The number of carboxylic acid groups (broad SMARTS) is 1. The summed E-state index contributed by atoms with van der Waals surface area (Å²) >= 11 is 0. The van der Waals surface area contributed by atoms with Gasteiger partial charge in [0.25, 0.3) is 0 Å². The van der Waals surface area contributed by atoms with Gasteiger partial charge in [-0.05, 0) is 38.5 Å². The van der Waals surface area contributed by atoms with E-state index < -0.39 is 57.6 Å². The lowest BCUT2D eigenvalue weighted by molar-refractivity contribution is -0.147. The molecule has 11 nitrogen and oxygen atoms in total. The molecule has 12 heteroatoms. The summed E-state index contributed by atoms with van der Waals surface area (Å²) < 4.78 is 25.8. The van der Waals surface area contributed by atoms with Crippen LogP contribution in [0.1, 0.15) is 65.2 Å². The van der Waals surface area contributed by atoms with Crippen molar-refractivity contribution in [3.8, 4) is 0 Å². The Morgan fingerprint density at radius 1 is 0.917 bits per heavy atom. The minimum atomic E-state index is -4.70. The van der Waals surface area contributed by atoms with Gasteiger partial charge in [-0.2, -0.15) is 0 Å². The number of aliphatic carboxylic acids is 1. The molecule has 0 rings (SSSR count). The van der Waals surface area contributed by atoms with E-state index in [1.54, 1.807) is 0 Å². The maximum absolute atomic E-state index is 11.8. The number of carboxylic acids is 1. The van der Waals surface area contributed by atoms with Crippen LogP contribution in [-0.2, 0) is 32.7 Å². The molecule has 0 aromatic carbocycles. The molecule has 4 N–H and O–H groups in total. The Kier molecular flexibility index (Phi) is 19.5. The van der Waals surface area contributed by atoms with Crippen LogP contribution in [0.4, 0.5) is 0 Å². The van der Waals surface area contributed by atoms with Crippen LogP contribution in [-0.4, -0.2) is 64.9 Å². The number of aliphatic hydroxyl groups excluding tert-OH is 1. The molecule has 0 aromatic heterocycles. The van der Waals surface area contributed by atoms with Crippen molar-refractivity contribution in [1.29, 1.82) is 0 Å². The zero-order valence-corrected chi connectivity index (χ0v) is 21.9. The normalized spacial score (nSPS) is 15.2. The number of carbonyl (C=O) groups is 3. The average molecular weight is 534 g/mol. The van der Waals surface area contributed by atoms with Crippen molar-refractivity contribution in [3.05, 3.63) is 36.5 Å². The topological polar surface area (TPSA) is 169 Å². The van der Waals surface area contributed by atoms with Gasteiger partial charge in [-0.1, -0.05) is 49.8 Å². The lowest BCUT2D eigenvalue weighted by Crippen LogP contribution is -2.42. The first-order valence-electron chi connectivity index (χ1n) is 12.0. The van der Waals surface area contributed by atoms with E-state index >= 15 is 0 Å². The van der Waals surface area contributed by atoms with Crippen LogP contribution in [0.2, 0.25) is 0 Å². The number of rotatable bonds is 21. The van der Waals surface area contributed by atoms with Crippen molar-refractivity contribution < 1.29 is 47.8 Å². The summed E-state index contributed by atoms with van der Waals surface area (Å²) in [5, 5.41) is 20.7. The van der Waals surface area contributed by atoms with Crippen LogP contribution in [0.5, 0.6) is 0 Å². The zero-order valence-electron chi connectivity index (χ0n) is 21.0. The van der Waals surface area contributed by atoms with Gasteiger partial charge in [-0.25, -0.2) is 9.36 Å². The van der Waals surface area contributed by atoms with Crippen molar-refractivity contribution in [1.82, 2.24) is 5.32 Å². The molecule has 1 amide bonds. The van der Waals surface area contributed by atoms with Crippen molar-refractivity contribution in [3.63, 3.8) is 0 Å². The Morgan fingerprint density at radius 2 is 1.53 bits per heavy atom. The van der Waals surface area contributed by atoms with E-state index in [-0.39, 0.29) is 6.42 Å². The number of hydrogen-bond donors (Lipinski definition) is 4. The number of esters is 1. The number of nitrogens with one attached hydrogen (secondary N) is 1. The Bertz CT molecular complexity index is 781. The van der Waals surface area contributed by atoms with Crippen LogP contribution < -0.4 is 5.32 Å². The van der Waals surface area contributed by atoms with E-state index in [2.05, 4.69) is 52.4 Å². The van der Waals surface area contributed by atoms with Gasteiger partial charge in [0, 0.05) is 13.3 Å². The third-order valence-electron chi connectivity index (χ3n) is 4.48. The van der Waals surface area contributed by atoms with E-state index in [0.717, 1.165) is 45.4 Å². The first kappa shape index (κ1) is 33.7. The first-order chi connectivity index (χ1) is 17.1. The quantitative estimate of drug-likeness (QED) is 0.0742. The molecule has 0 heterocycles. The Morgan fingerprint density at radius 3 is 2.14 bits per heavy atom. The molecule has 0 bridgehead atoms. The summed E-state index contributed by atoms with van der Waals surface area (Å²) in [6, 6.07) is -1.55. The monoisotopic (exact) mass is 533 g/mol. The second-order valence-electron chi connectivity index (χ2n) is 7.88. The van der Waals surface area contributed by atoms with E-state index in [4.69, 9.17) is 9.84 Å². The van der Waals surface area contributed by atoms with E-state index in [1.165, 1.54) is 0 Å². The molecule has 0 fully saturated rings. The number of phosphoric ester groups is 1. The Balaban J connectivity index is 3.92. The van der Waals surface area contributed by atoms with Crippen LogP contribution in [0.3, 0.4) is 0 Å². The molecular weight excluding hydrogens is 493 g/mol.